The Morgan fingerprint density at radius 1 is 1.19 bits per heavy atom. The molecule has 21 heavy (non-hydrogen) atoms. The number of halogens is 2. The maximum Gasteiger partial charge on any atom is 0.244 e. The van der Waals surface area contributed by atoms with Crippen LogP contribution in [0.3, 0.4) is 0 Å². The van der Waals surface area contributed by atoms with Gasteiger partial charge in [0.05, 0.1) is 7.11 Å². The van der Waals surface area contributed by atoms with Crippen molar-refractivity contribution in [3.63, 3.8) is 0 Å². The fourth-order valence-corrected chi connectivity index (χ4v) is 3.57. The van der Waals surface area contributed by atoms with Gasteiger partial charge in [-0.15, -0.1) is 0 Å². The number of hydrogen-bond donors (Lipinski definition) is 1. The predicted molar refractivity (Wildman–Crippen MR) is 86.2 cm³/mol. The van der Waals surface area contributed by atoms with Gasteiger partial charge in [0.2, 0.25) is 10.0 Å². The van der Waals surface area contributed by atoms with E-state index in [-0.39, 0.29) is 11.4 Å². The monoisotopic (exact) mass is 389 g/mol. The normalized spacial score (nSPS) is 11.4. The van der Waals surface area contributed by atoms with Crippen LogP contribution in [-0.4, -0.2) is 15.5 Å². The molecule has 0 aliphatic heterocycles. The van der Waals surface area contributed by atoms with Crippen molar-refractivity contribution in [3.8, 4) is 5.75 Å². The Labute approximate surface area is 137 Å². The zero-order valence-electron chi connectivity index (χ0n) is 11.1. The molecule has 0 spiro atoms. The molecule has 0 aliphatic carbocycles. The predicted octanol–water partition coefficient (Wildman–Crippen LogP) is 3.59. The number of benzene rings is 2. The summed E-state index contributed by atoms with van der Waals surface area (Å²) in [6.07, 6.45) is 0. The Morgan fingerprint density at radius 2 is 1.86 bits per heavy atom. The Hall–Kier alpha value is -1.08. The number of ether oxygens (including phenoxy) is 1. The van der Waals surface area contributed by atoms with Crippen molar-refractivity contribution < 1.29 is 13.2 Å². The summed E-state index contributed by atoms with van der Waals surface area (Å²) in [6.45, 7) is 0.176. The Balaban J connectivity index is 2.22. The van der Waals surface area contributed by atoms with Crippen LogP contribution in [-0.2, 0) is 16.6 Å². The van der Waals surface area contributed by atoms with Gasteiger partial charge in [-0.05, 0) is 35.9 Å². The second kappa shape index (κ2) is 6.79. The van der Waals surface area contributed by atoms with Crippen LogP contribution in [0.5, 0.6) is 5.75 Å². The van der Waals surface area contributed by atoms with Gasteiger partial charge in [-0.2, -0.15) is 0 Å². The minimum absolute atomic E-state index is 0.0911. The molecule has 0 fully saturated rings. The molecule has 4 nitrogen and oxygen atoms in total. The van der Waals surface area contributed by atoms with Crippen molar-refractivity contribution in [1.82, 2.24) is 4.72 Å². The van der Waals surface area contributed by atoms with Gasteiger partial charge in [0.25, 0.3) is 0 Å². The number of sulfonamides is 1. The fraction of sp³-hybridized carbons (Fsp3) is 0.143. The summed E-state index contributed by atoms with van der Waals surface area (Å²) in [5.41, 5.74) is 0.817. The first kappa shape index (κ1) is 16.3. The topological polar surface area (TPSA) is 55.4 Å². The second-order valence-corrected chi connectivity index (χ2v) is 7.33. The molecule has 0 bridgehead atoms. The lowest BCUT2D eigenvalue weighted by Crippen LogP contribution is -2.23. The lowest BCUT2D eigenvalue weighted by molar-refractivity contribution is 0.402. The van der Waals surface area contributed by atoms with E-state index in [9.17, 15) is 8.42 Å². The Kier molecular flexibility index (Phi) is 5.27. The minimum atomic E-state index is -3.67. The molecule has 0 saturated heterocycles. The van der Waals surface area contributed by atoms with E-state index in [0.29, 0.717) is 15.2 Å². The Morgan fingerprint density at radius 3 is 2.48 bits per heavy atom. The molecule has 0 aliphatic rings. The van der Waals surface area contributed by atoms with Crippen LogP contribution in [0, 0.1) is 0 Å². The summed E-state index contributed by atoms with van der Waals surface area (Å²) >= 11 is 9.05. The van der Waals surface area contributed by atoms with Crippen LogP contribution in [0.15, 0.2) is 51.8 Å². The van der Waals surface area contributed by atoms with Gasteiger partial charge in [0.1, 0.15) is 10.6 Å². The van der Waals surface area contributed by atoms with Gasteiger partial charge in [-0.25, -0.2) is 13.1 Å². The van der Waals surface area contributed by atoms with Gasteiger partial charge in [0, 0.05) is 16.0 Å². The van der Waals surface area contributed by atoms with Crippen LogP contribution < -0.4 is 9.46 Å². The maximum atomic E-state index is 12.4. The third kappa shape index (κ3) is 4.20. The second-order valence-electron chi connectivity index (χ2n) is 4.25. The smallest absolute Gasteiger partial charge is 0.244 e. The highest BCUT2D eigenvalue weighted by Gasteiger charge is 2.19. The van der Waals surface area contributed by atoms with E-state index >= 15 is 0 Å². The molecule has 7 heteroatoms. The van der Waals surface area contributed by atoms with Crippen molar-refractivity contribution >= 4 is 37.6 Å². The van der Waals surface area contributed by atoms with Crippen molar-refractivity contribution in [2.24, 2.45) is 0 Å². The van der Waals surface area contributed by atoms with Crippen LogP contribution in [0.25, 0.3) is 0 Å². The van der Waals surface area contributed by atoms with Gasteiger partial charge in [-0.1, -0.05) is 39.7 Å². The summed E-state index contributed by atoms with van der Waals surface area (Å²) in [7, 11) is -2.24. The van der Waals surface area contributed by atoms with Crippen LogP contribution in [0.2, 0.25) is 5.02 Å². The van der Waals surface area contributed by atoms with E-state index < -0.39 is 10.0 Å². The molecule has 0 atom stereocenters. The summed E-state index contributed by atoms with van der Waals surface area (Å²) in [4.78, 5) is 0.0911. The molecule has 0 amide bonds. The Bertz CT molecular complexity index is 732. The SMILES string of the molecule is COc1ccc(Br)cc1S(=O)(=O)NCc1ccc(Cl)cc1. The van der Waals surface area contributed by atoms with Crippen LogP contribution in [0.1, 0.15) is 5.56 Å². The van der Waals surface area contributed by atoms with Gasteiger partial charge < -0.3 is 4.74 Å². The first-order valence-corrected chi connectivity index (χ1v) is 8.65. The van der Waals surface area contributed by atoms with E-state index in [1.165, 1.54) is 13.2 Å². The highest BCUT2D eigenvalue weighted by atomic mass is 79.9. The summed E-state index contributed by atoms with van der Waals surface area (Å²) in [5, 5.41) is 0.607. The molecular formula is C14H13BrClNO3S. The van der Waals surface area contributed by atoms with E-state index in [1.54, 1.807) is 36.4 Å². The average Bonchev–Trinajstić information content (AvgIpc) is 2.47. The number of hydrogen-bond acceptors (Lipinski definition) is 3. The molecule has 0 saturated carbocycles. The first-order chi connectivity index (χ1) is 9.92. The van der Waals surface area contributed by atoms with Gasteiger partial charge in [-0.3, -0.25) is 0 Å². The van der Waals surface area contributed by atoms with E-state index in [4.69, 9.17) is 16.3 Å². The number of nitrogens with one attached hydrogen (secondary N) is 1. The molecule has 0 aromatic heterocycles. The molecule has 2 aromatic carbocycles. The van der Waals surface area contributed by atoms with Crippen LogP contribution in [0.4, 0.5) is 0 Å². The zero-order valence-corrected chi connectivity index (χ0v) is 14.3. The maximum absolute atomic E-state index is 12.4. The first-order valence-electron chi connectivity index (χ1n) is 6.00. The molecule has 112 valence electrons. The van der Waals surface area contributed by atoms with E-state index in [0.717, 1.165) is 5.56 Å². The third-order valence-electron chi connectivity index (χ3n) is 2.79. The van der Waals surface area contributed by atoms with E-state index in [2.05, 4.69) is 20.7 Å². The van der Waals surface area contributed by atoms with Crippen molar-refractivity contribution in [2.75, 3.05) is 7.11 Å². The molecule has 2 rings (SSSR count). The largest absolute Gasteiger partial charge is 0.495 e. The van der Waals surface area contributed by atoms with Crippen LogP contribution >= 0.6 is 27.5 Å². The molecular weight excluding hydrogens is 378 g/mol. The zero-order chi connectivity index (χ0) is 15.5. The standard InChI is InChI=1S/C14H13BrClNO3S/c1-20-13-7-4-11(15)8-14(13)21(18,19)17-9-10-2-5-12(16)6-3-10/h2-8,17H,9H2,1H3. The third-order valence-corrected chi connectivity index (χ3v) is 4.96. The average molecular weight is 391 g/mol. The number of methoxy groups -OCH3 is 1. The highest BCUT2D eigenvalue weighted by molar-refractivity contribution is 9.10. The minimum Gasteiger partial charge on any atom is -0.495 e. The quantitative estimate of drug-likeness (QED) is 0.849. The highest BCUT2D eigenvalue weighted by Crippen LogP contribution is 2.27. The van der Waals surface area contributed by atoms with Crippen molar-refractivity contribution in [1.29, 1.82) is 0 Å². The fourth-order valence-electron chi connectivity index (χ4n) is 1.72. The van der Waals surface area contributed by atoms with E-state index in [1.807, 2.05) is 0 Å². The molecule has 0 heterocycles. The molecule has 0 radical (unpaired) electrons. The molecule has 0 unspecified atom stereocenters. The van der Waals surface area contributed by atoms with Crippen molar-refractivity contribution in [2.45, 2.75) is 11.4 Å². The lowest BCUT2D eigenvalue weighted by Gasteiger charge is -2.11. The summed E-state index contributed by atoms with van der Waals surface area (Å²) in [5.74, 6) is 0.293. The van der Waals surface area contributed by atoms with Crippen molar-refractivity contribution in [3.05, 3.63) is 57.5 Å². The van der Waals surface area contributed by atoms with Gasteiger partial charge in [0.15, 0.2) is 0 Å². The lowest BCUT2D eigenvalue weighted by atomic mass is 10.2. The van der Waals surface area contributed by atoms with Gasteiger partial charge >= 0.3 is 0 Å². The summed E-state index contributed by atoms with van der Waals surface area (Å²) in [6, 6.07) is 11.8. The molecule has 1 N–H and O–H groups in total. The molecule has 2 aromatic rings. The number of rotatable bonds is 5. The summed E-state index contributed by atoms with van der Waals surface area (Å²) < 4.78 is 33.0.